The Kier molecular flexibility index (Phi) is 9.85. The Balaban J connectivity index is 1.01. The van der Waals surface area contributed by atoms with Gasteiger partial charge in [0.1, 0.15) is 0 Å². The van der Waals surface area contributed by atoms with Crippen molar-refractivity contribution in [1.82, 2.24) is 9.13 Å². The first kappa shape index (κ1) is 42.6. The summed E-state index contributed by atoms with van der Waals surface area (Å²) < 4.78 is 95.6. The molecule has 0 radical (unpaired) electrons. The van der Waals surface area contributed by atoms with E-state index in [0.29, 0.717) is 39.4 Å². The molecule has 4 heterocycles. The van der Waals surface area contributed by atoms with E-state index in [-0.39, 0.29) is 35.3 Å². The Labute approximate surface area is 542 Å². The molecule has 0 saturated carbocycles. The van der Waals surface area contributed by atoms with E-state index in [9.17, 15) is 10.7 Å². The first-order valence-corrected chi connectivity index (χ1v) is 30.3. The predicted molar refractivity (Wildman–Crippen MR) is 381 cm³/mol. The minimum Gasteiger partial charge on any atom is -0.311 e. The van der Waals surface area contributed by atoms with Gasteiger partial charge in [-0.3, -0.25) is 0 Å². The van der Waals surface area contributed by atoms with Crippen LogP contribution in [0.4, 0.5) is 34.1 Å². The number of anilines is 6. The fraction of sp³-hybridized carbons (Fsp3) is 0. The molecule has 2 aliphatic heterocycles. The molecule has 6 heteroatoms. The SMILES string of the molecule is [2H]c1c([2H])c([2H])c(-c2ccc3c(c2)B2c4ccc(-c5c([2H])c([2H])c([2H])c([2H])c5[2H])cc4N(c4cc(C#N)cc(-n5c6ccccc6c6ccccc65)c4)c4cc(-n5c6ccccc6c6cc(-c7ccccc7)ccc65)cc(c42)N3c2cc(-c3ccccc3)cc(-c3ccccc3)c2)c([2H])c1[2H]. The predicted octanol–water partition coefficient (Wildman–Crippen LogP) is 20.2. The lowest BCUT2D eigenvalue weighted by Crippen LogP contribution is -2.61. The van der Waals surface area contributed by atoms with Crippen molar-refractivity contribution in [3.05, 3.63) is 333 Å². The first-order valence-electron chi connectivity index (χ1n) is 35.3. The van der Waals surface area contributed by atoms with Gasteiger partial charge < -0.3 is 18.9 Å². The van der Waals surface area contributed by atoms with Crippen molar-refractivity contribution in [2.24, 2.45) is 0 Å². The summed E-state index contributed by atoms with van der Waals surface area (Å²) in [4.78, 5) is 4.45. The average molecular weight is 1170 g/mol. The van der Waals surface area contributed by atoms with Gasteiger partial charge in [0.25, 0.3) is 6.71 Å². The van der Waals surface area contributed by atoms with Crippen LogP contribution in [0.5, 0.6) is 0 Å². The number of para-hydroxylation sites is 3. The molecule has 422 valence electrons. The smallest absolute Gasteiger partial charge is 0.252 e. The van der Waals surface area contributed by atoms with Gasteiger partial charge in [-0.15, -0.1) is 0 Å². The lowest BCUT2D eigenvalue weighted by atomic mass is 9.33. The maximum Gasteiger partial charge on any atom is 0.252 e. The highest BCUT2D eigenvalue weighted by molar-refractivity contribution is 7.00. The molecular weight excluding hydrogens is 1100 g/mol. The molecule has 0 aliphatic carbocycles. The lowest BCUT2D eigenvalue weighted by Gasteiger charge is -2.45. The molecule has 0 saturated heterocycles. The Bertz CT molecular complexity index is 6100. The largest absolute Gasteiger partial charge is 0.311 e. The van der Waals surface area contributed by atoms with E-state index in [1.807, 2.05) is 127 Å². The molecule has 2 aliphatic rings. The maximum absolute atomic E-state index is 11.5. The molecule has 0 spiro atoms. The van der Waals surface area contributed by atoms with Gasteiger partial charge in [-0.05, 0) is 163 Å². The Hall–Kier alpha value is -12.2. The molecule has 18 rings (SSSR count). The molecular formula is C85H54BN5. The molecule has 0 fully saturated rings. The van der Waals surface area contributed by atoms with Gasteiger partial charge in [0, 0.05) is 61.4 Å². The molecule has 2 aromatic heterocycles. The highest BCUT2D eigenvalue weighted by Gasteiger charge is 2.44. The van der Waals surface area contributed by atoms with Crippen molar-refractivity contribution < 1.29 is 13.7 Å². The highest BCUT2D eigenvalue weighted by Crippen LogP contribution is 2.50. The molecule has 0 bridgehead atoms. The number of nitrogens with zero attached hydrogens (tertiary/aromatic N) is 5. The summed E-state index contributed by atoms with van der Waals surface area (Å²) in [6, 6.07) is 88.9. The van der Waals surface area contributed by atoms with E-state index >= 15 is 0 Å². The summed E-state index contributed by atoms with van der Waals surface area (Å²) in [5.74, 6) is 0. The van der Waals surface area contributed by atoms with E-state index in [0.717, 1.165) is 116 Å². The Morgan fingerprint density at radius 1 is 0.286 bits per heavy atom. The summed E-state index contributed by atoms with van der Waals surface area (Å²) in [6.45, 7) is -0.723. The van der Waals surface area contributed by atoms with Crippen molar-refractivity contribution in [3.8, 4) is 73.1 Å². The van der Waals surface area contributed by atoms with Crippen molar-refractivity contribution >= 4 is 101 Å². The average Bonchev–Trinajstić information content (AvgIpc) is 1.08. The van der Waals surface area contributed by atoms with Crippen molar-refractivity contribution in [1.29, 1.82) is 5.26 Å². The third-order valence-corrected chi connectivity index (χ3v) is 18.2. The van der Waals surface area contributed by atoms with Gasteiger partial charge >= 0.3 is 0 Å². The molecule has 5 nitrogen and oxygen atoms in total. The van der Waals surface area contributed by atoms with E-state index in [2.05, 4.69) is 165 Å². The third kappa shape index (κ3) is 8.47. The van der Waals surface area contributed by atoms with E-state index in [1.165, 1.54) is 0 Å². The van der Waals surface area contributed by atoms with Crippen LogP contribution in [0.15, 0.2) is 327 Å². The molecule has 0 N–H and O–H groups in total. The first-order chi connectivity index (χ1) is 49.2. The second-order valence-corrected chi connectivity index (χ2v) is 23.2. The maximum atomic E-state index is 11.5. The number of nitriles is 1. The Morgan fingerprint density at radius 2 is 0.725 bits per heavy atom. The topological polar surface area (TPSA) is 40.1 Å². The second-order valence-electron chi connectivity index (χ2n) is 23.2. The summed E-state index contributed by atoms with van der Waals surface area (Å²) >= 11 is 0. The van der Waals surface area contributed by atoms with Gasteiger partial charge in [-0.1, -0.05) is 236 Å². The number of aromatic nitrogens is 2. The van der Waals surface area contributed by atoms with Crippen LogP contribution in [-0.4, -0.2) is 15.8 Å². The van der Waals surface area contributed by atoms with E-state index < -0.39 is 43.0 Å². The minimum atomic E-state index is -0.723. The monoisotopic (exact) mass is 1170 g/mol. The number of hydrogen-bond acceptors (Lipinski definition) is 3. The fourth-order valence-corrected chi connectivity index (χ4v) is 14.3. The van der Waals surface area contributed by atoms with Crippen molar-refractivity contribution in [2.45, 2.75) is 0 Å². The molecule has 14 aromatic carbocycles. The fourth-order valence-electron chi connectivity index (χ4n) is 14.3. The van der Waals surface area contributed by atoms with E-state index in [1.54, 1.807) is 0 Å². The number of benzene rings is 14. The molecule has 0 amide bonds. The number of rotatable bonds is 9. The van der Waals surface area contributed by atoms with Crippen LogP contribution in [0.3, 0.4) is 0 Å². The van der Waals surface area contributed by atoms with Crippen LogP contribution in [-0.2, 0) is 0 Å². The third-order valence-electron chi connectivity index (χ3n) is 18.2. The number of fused-ring (bicyclic) bond motifs is 10. The van der Waals surface area contributed by atoms with Crippen molar-refractivity contribution in [2.75, 3.05) is 9.80 Å². The molecule has 0 atom stereocenters. The van der Waals surface area contributed by atoms with Gasteiger partial charge in [-0.2, -0.15) is 5.26 Å². The summed E-state index contributed by atoms with van der Waals surface area (Å²) in [5, 5.41) is 15.6. The second kappa shape index (κ2) is 21.0. The summed E-state index contributed by atoms with van der Waals surface area (Å²) in [6.07, 6.45) is 0. The summed E-state index contributed by atoms with van der Waals surface area (Å²) in [7, 11) is 0. The van der Waals surface area contributed by atoms with Crippen LogP contribution in [0, 0.1) is 11.3 Å². The van der Waals surface area contributed by atoms with E-state index in [4.69, 9.17) is 8.22 Å². The standard InChI is InChI=1S/C85H54BN5/c87-55-56-44-67(88-77-35-19-16-32-71(77)72-33-17-20-36-78(72)88)52-68(45-56)91-82-51-64(59-26-10-3-11-27-59)38-41-75(82)86-76-50-63(58-24-8-2-9-25-58)40-43-81(76)90(69-47-65(60-28-12-4-13-29-60)46-66(48-69)61-30-14-5-15-31-61)83-53-70(54-84(91)85(83)86)89-79-37-21-18-34-73(79)74-49-62(39-42-80(74)89)57-22-6-1-7-23-57/h1-54H/i2D,3D,8D,9D,10D,11D,24D,25D,26D,27D. The van der Waals surface area contributed by atoms with Crippen LogP contribution < -0.4 is 26.2 Å². The molecule has 91 heavy (non-hydrogen) atoms. The van der Waals surface area contributed by atoms with Crippen LogP contribution in [0.25, 0.3) is 111 Å². The van der Waals surface area contributed by atoms with Crippen LogP contribution in [0.1, 0.15) is 19.3 Å². The lowest BCUT2D eigenvalue weighted by molar-refractivity contribution is 1.15. The van der Waals surface area contributed by atoms with Crippen LogP contribution in [0.2, 0.25) is 0 Å². The van der Waals surface area contributed by atoms with Crippen molar-refractivity contribution in [3.63, 3.8) is 0 Å². The van der Waals surface area contributed by atoms with Gasteiger partial charge in [0.15, 0.2) is 0 Å². The van der Waals surface area contributed by atoms with Gasteiger partial charge in [0.2, 0.25) is 0 Å². The minimum absolute atomic E-state index is 0.00194. The zero-order valence-corrected chi connectivity index (χ0v) is 48.7. The zero-order chi connectivity index (χ0) is 68.8. The summed E-state index contributed by atoms with van der Waals surface area (Å²) in [5.41, 5.74) is 18.7. The normalized spacial score (nSPS) is 13.9. The molecule has 0 unspecified atom stereocenters. The molecule has 16 aromatic rings. The Morgan fingerprint density at radius 3 is 1.30 bits per heavy atom. The van der Waals surface area contributed by atoms with Gasteiger partial charge in [-0.25, -0.2) is 0 Å². The number of hydrogen-bond donors (Lipinski definition) is 0. The van der Waals surface area contributed by atoms with Crippen LogP contribution >= 0.6 is 0 Å². The quantitative estimate of drug-likeness (QED) is 0.135. The van der Waals surface area contributed by atoms with Gasteiger partial charge in [0.05, 0.1) is 53.1 Å². The zero-order valence-electron chi connectivity index (χ0n) is 58.7. The highest BCUT2D eigenvalue weighted by atomic mass is 15.2.